The number of hydrogen-bond acceptors (Lipinski definition) is 4. The van der Waals surface area contributed by atoms with E-state index in [9.17, 15) is 4.79 Å². The van der Waals surface area contributed by atoms with Gasteiger partial charge in [0.05, 0.1) is 6.04 Å². The smallest absolute Gasteiger partial charge is 0.222 e. The van der Waals surface area contributed by atoms with E-state index in [1.807, 2.05) is 11.1 Å². The third-order valence-corrected chi connectivity index (χ3v) is 4.52. The highest BCUT2D eigenvalue weighted by molar-refractivity contribution is 7.98. The number of carbonyl (C=O) groups excluding carboxylic acids is 1. The minimum atomic E-state index is 0.202. The van der Waals surface area contributed by atoms with E-state index >= 15 is 0 Å². The van der Waals surface area contributed by atoms with Crippen LogP contribution in [0.25, 0.3) is 0 Å². The first-order valence-electron chi connectivity index (χ1n) is 7.26. The predicted octanol–water partition coefficient (Wildman–Crippen LogP) is 1.76. The second-order valence-corrected chi connectivity index (χ2v) is 6.04. The van der Waals surface area contributed by atoms with Crippen molar-refractivity contribution in [1.82, 2.24) is 19.8 Å². The fourth-order valence-electron chi connectivity index (χ4n) is 2.67. The maximum atomic E-state index is 12.3. The van der Waals surface area contributed by atoms with Crippen molar-refractivity contribution >= 4 is 17.7 Å². The summed E-state index contributed by atoms with van der Waals surface area (Å²) in [6.45, 7) is 5.66. The lowest BCUT2D eigenvalue weighted by molar-refractivity contribution is -0.134. The second-order valence-electron chi connectivity index (χ2n) is 5.05. The normalized spacial score (nSPS) is 20.3. The van der Waals surface area contributed by atoms with Crippen LogP contribution >= 0.6 is 11.8 Å². The molecule has 1 aromatic heterocycles. The van der Waals surface area contributed by atoms with Crippen molar-refractivity contribution in [3.8, 4) is 0 Å². The fourth-order valence-corrected chi connectivity index (χ4v) is 3.10. The summed E-state index contributed by atoms with van der Waals surface area (Å²) in [5.74, 6) is 2.31. The molecule has 0 aliphatic carbocycles. The van der Waals surface area contributed by atoms with Gasteiger partial charge in [-0.3, -0.25) is 9.69 Å². The van der Waals surface area contributed by atoms with Crippen LogP contribution in [0.4, 0.5) is 0 Å². The summed E-state index contributed by atoms with van der Waals surface area (Å²) in [4.78, 5) is 24.2. The van der Waals surface area contributed by atoms with Gasteiger partial charge in [-0.2, -0.15) is 11.8 Å². The first-order valence-corrected chi connectivity index (χ1v) is 8.65. The van der Waals surface area contributed by atoms with E-state index in [-0.39, 0.29) is 11.9 Å². The lowest BCUT2D eigenvalue weighted by Crippen LogP contribution is -2.50. The summed E-state index contributed by atoms with van der Waals surface area (Å²) in [5, 5.41) is 0. The Kier molecular flexibility index (Phi) is 5.91. The molecule has 0 radical (unpaired) electrons. The number of carbonyl (C=O) groups is 1. The highest BCUT2D eigenvalue weighted by Gasteiger charge is 2.30. The SMILES string of the molecule is CCN1CCN(C(=O)CCCSC)CC1c1ncc[nH]1. The number of piperazine rings is 1. The maximum absolute atomic E-state index is 12.3. The van der Waals surface area contributed by atoms with Gasteiger partial charge in [0.2, 0.25) is 5.91 Å². The Morgan fingerprint density at radius 1 is 1.55 bits per heavy atom. The number of aromatic amines is 1. The highest BCUT2D eigenvalue weighted by atomic mass is 32.2. The van der Waals surface area contributed by atoms with Crippen LogP contribution in [-0.2, 0) is 4.79 Å². The first-order chi connectivity index (χ1) is 9.76. The van der Waals surface area contributed by atoms with Gasteiger partial charge in [-0.1, -0.05) is 6.92 Å². The van der Waals surface area contributed by atoms with Crippen molar-refractivity contribution in [2.45, 2.75) is 25.8 Å². The van der Waals surface area contributed by atoms with Gasteiger partial charge < -0.3 is 9.88 Å². The van der Waals surface area contributed by atoms with Crippen molar-refractivity contribution in [2.75, 3.05) is 38.2 Å². The van der Waals surface area contributed by atoms with Crippen LogP contribution in [0.1, 0.15) is 31.6 Å². The Bertz CT molecular complexity index is 409. The molecule has 0 aromatic carbocycles. The van der Waals surface area contributed by atoms with E-state index in [0.29, 0.717) is 6.42 Å². The van der Waals surface area contributed by atoms with E-state index in [1.54, 1.807) is 18.0 Å². The molecule has 112 valence electrons. The molecule has 5 nitrogen and oxygen atoms in total. The Morgan fingerprint density at radius 3 is 3.05 bits per heavy atom. The van der Waals surface area contributed by atoms with E-state index in [1.165, 1.54) is 0 Å². The van der Waals surface area contributed by atoms with Crippen molar-refractivity contribution in [3.63, 3.8) is 0 Å². The van der Waals surface area contributed by atoms with Crippen molar-refractivity contribution in [3.05, 3.63) is 18.2 Å². The third kappa shape index (κ3) is 3.76. The van der Waals surface area contributed by atoms with Gasteiger partial charge in [0, 0.05) is 38.4 Å². The van der Waals surface area contributed by atoms with Gasteiger partial charge in [0.15, 0.2) is 0 Å². The van der Waals surface area contributed by atoms with Gasteiger partial charge >= 0.3 is 0 Å². The molecule has 1 aromatic rings. The minimum absolute atomic E-state index is 0.202. The van der Waals surface area contributed by atoms with Crippen molar-refractivity contribution < 1.29 is 4.79 Å². The first kappa shape index (κ1) is 15.4. The second kappa shape index (κ2) is 7.69. The van der Waals surface area contributed by atoms with E-state index in [0.717, 1.165) is 44.2 Å². The number of imidazole rings is 1. The van der Waals surface area contributed by atoms with Gasteiger partial charge in [-0.05, 0) is 25.0 Å². The molecule has 2 heterocycles. The van der Waals surface area contributed by atoms with E-state index < -0.39 is 0 Å². The molecule has 20 heavy (non-hydrogen) atoms. The number of nitrogens with one attached hydrogen (secondary N) is 1. The largest absolute Gasteiger partial charge is 0.347 e. The van der Waals surface area contributed by atoms with Crippen molar-refractivity contribution in [2.24, 2.45) is 0 Å². The zero-order valence-electron chi connectivity index (χ0n) is 12.3. The number of hydrogen-bond donors (Lipinski definition) is 1. The third-order valence-electron chi connectivity index (χ3n) is 3.82. The number of aromatic nitrogens is 2. The van der Waals surface area contributed by atoms with Crippen LogP contribution in [0.15, 0.2) is 12.4 Å². The Balaban J connectivity index is 1.95. The highest BCUT2D eigenvalue weighted by Crippen LogP contribution is 2.23. The predicted molar refractivity (Wildman–Crippen MR) is 82.8 cm³/mol. The topological polar surface area (TPSA) is 52.2 Å². The molecule has 2 rings (SSSR count). The van der Waals surface area contributed by atoms with E-state index in [4.69, 9.17) is 0 Å². The van der Waals surface area contributed by atoms with Crippen LogP contribution in [0.5, 0.6) is 0 Å². The molecule has 1 fully saturated rings. The van der Waals surface area contributed by atoms with Crippen LogP contribution in [0.2, 0.25) is 0 Å². The zero-order valence-corrected chi connectivity index (χ0v) is 13.2. The molecular weight excluding hydrogens is 272 g/mol. The Hall–Kier alpha value is -1.01. The summed E-state index contributed by atoms with van der Waals surface area (Å²) in [6.07, 6.45) is 7.35. The molecule has 1 saturated heterocycles. The number of H-pyrrole nitrogens is 1. The lowest BCUT2D eigenvalue weighted by atomic mass is 10.1. The van der Waals surface area contributed by atoms with E-state index in [2.05, 4.69) is 28.0 Å². The molecular formula is C14H24N4OS. The minimum Gasteiger partial charge on any atom is -0.347 e. The molecule has 0 spiro atoms. The number of amides is 1. The number of thioether (sulfide) groups is 1. The van der Waals surface area contributed by atoms with Crippen molar-refractivity contribution in [1.29, 1.82) is 0 Å². The monoisotopic (exact) mass is 296 g/mol. The Morgan fingerprint density at radius 2 is 2.40 bits per heavy atom. The molecule has 6 heteroatoms. The summed E-state index contributed by atoms with van der Waals surface area (Å²) >= 11 is 1.80. The summed E-state index contributed by atoms with van der Waals surface area (Å²) < 4.78 is 0. The van der Waals surface area contributed by atoms with Gasteiger partial charge in [-0.15, -0.1) is 0 Å². The van der Waals surface area contributed by atoms with Gasteiger partial charge in [0.25, 0.3) is 0 Å². The number of likely N-dealkylation sites (N-methyl/N-ethyl adjacent to an activating group) is 1. The fraction of sp³-hybridized carbons (Fsp3) is 0.714. The van der Waals surface area contributed by atoms with Crippen LogP contribution in [0, 0.1) is 0 Å². The lowest BCUT2D eigenvalue weighted by Gasteiger charge is -2.40. The molecule has 1 N–H and O–H groups in total. The summed E-state index contributed by atoms with van der Waals surface area (Å²) in [6, 6.07) is 0.202. The summed E-state index contributed by atoms with van der Waals surface area (Å²) in [7, 11) is 0. The molecule has 1 aliphatic rings. The van der Waals surface area contributed by atoms with Crippen LogP contribution in [0.3, 0.4) is 0 Å². The molecule has 0 saturated carbocycles. The molecule has 1 unspecified atom stereocenters. The van der Waals surface area contributed by atoms with Gasteiger partial charge in [0.1, 0.15) is 5.82 Å². The molecule has 0 bridgehead atoms. The van der Waals surface area contributed by atoms with Crippen LogP contribution < -0.4 is 0 Å². The van der Waals surface area contributed by atoms with Gasteiger partial charge in [-0.25, -0.2) is 4.98 Å². The molecule has 1 amide bonds. The summed E-state index contributed by atoms with van der Waals surface area (Å²) in [5.41, 5.74) is 0. The quantitative estimate of drug-likeness (QED) is 0.813. The zero-order chi connectivity index (χ0) is 14.4. The average molecular weight is 296 g/mol. The molecule has 1 atom stereocenters. The average Bonchev–Trinajstić information content (AvgIpc) is 3.00. The number of rotatable bonds is 6. The Labute approximate surface area is 125 Å². The standard InChI is InChI=1S/C14H24N4OS/c1-3-17-8-9-18(13(19)5-4-10-20-2)11-12(17)14-15-6-7-16-14/h6-7,12H,3-5,8-11H2,1-2H3,(H,15,16). The number of nitrogens with zero attached hydrogens (tertiary/aromatic N) is 3. The van der Waals surface area contributed by atoms with Crippen LogP contribution in [-0.4, -0.2) is 63.9 Å². The maximum Gasteiger partial charge on any atom is 0.222 e. The molecule has 1 aliphatic heterocycles.